The molecule has 0 amide bonds. The van der Waals surface area contributed by atoms with Crippen molar-refractivity contribution in [2.24, 2.45) is 5.92 Å². The fraction of sp³-hybridized carbons (Fsp3) is 0.667. The number of benzene rings is 1. The van der Waals surface area contributed by atoms with Crippen LogP contribution >= 0.6 is 11.6 Å². The van der Waals surface area contributed by atoms with Gasteiger partial charge in [0.15, 0.2) is 8.32 Å². The number of nitrogens with zero attached hydrogens (tertiary/aromatic N) is 1. The number of halogens is 1. The largest absolute Gasteiger partial charge is 0.417 e. The Kier molecular flexibility index (Phi) is 5.70. The fourth-order valence-electron chi connectivity index (χ4n) is 2.70. The van der Waals surface area contributed by atoms with Gasteiger partial charge in [-0.05, 0) is 55.1 Å². The van der Waals surface area contributed by atoms with E-state index in [4.69, 9.17) is 21.8 Å². The van der Waals surface area contributed by atoms with Crippen molar-refractivity contribution in [1.82, 2.24) is 0 Å². The van der Waals surface area contributed by atoms with E-state index in [2.05, 4.69) is 38.8 Å². The van der Waals surface area contributed by atoms with Crippen LogP contribution in [-0.2, 0) is 4.43 Å². The van der Waals surface area contributed by atoms with Crippen molar-refractivity contribution in [1.29, 1.82) is 0 Å². The third kappa shape index (κ3) is 4.65. The van der Waals surface area contributed by atoms with Gasteiger partial charge in [0.2, 0.25) is 0 Å². The molecule has 0 aromatic heterocycles. The summed E-state index contributed by atoms with van der Waals surface area (Å²) in [5.41, 5.74) is 7.99. The molecule has 1 aliphatic heterocycles. The second-order valence-electron chi connectivity index (χ2n) is 8.20. The highest BCUT2D eigenvalue weighted by Gasteiger charge is 2.37. The normalized spacial score (nSPS) is 17.6. The maximum atomic E-state index is 6.39. The SMILES string of the molecule is CC(C)(C)[Si](C)(C)OCC1CCN(c2ccc(Cl)cc2N)CC1. The minimum absolute atomic E-state index is 0.283. The van der Waals surface area contributed by atoms with E-state index >= 15 is 0 Å². The molecule has 0 bridgehead atoms. The van der Waals surface area contributed by atoms with E-state index < -0.39 is 8.32 Å². The van der Waals surface area contributed by atoms with Gasteiger partial charge in [-0.3, -0.25) is 0 Å². The molecule has 1 aliphatic rings. The summed E-state index contributed by atoms with van der Waals surface area (Å²) in [6, 6.07) is 5.79. The van der Waals surface area contributed by atoms with E-state index in [9.17, 15) is 0 Å². The molecule has 1 fully saturated rings. The Morgan fingerprint density at radius 1 is 1.26 bits per heavy atom. The highest BCUT2D eigenvalue weighted by atomic mass is 35.5. The first-order valence-corrected chi connectivity index (χ1v) is 11.8. The quantitative estimate of drug-likeness (QED) is 0.599. The first kappa shape index (κ1) is 18.6. The number of hydrogen-bond acceptors (Lipinski definition) is 3. The smallest absolute Gasteiger partial charge is 0.191 e. The highest BCUT2D eigenvalue weighted by molar-refractivity contribution is 6.74. The van der Waals surface area contributed by atoms with Crippen LogP contribution in [0.15, 0.2) is 18.2 Å². The molecule has 1 aromatic carbocycles. The molecule has 5 heteroatoms. The Hall–Kier alpha value is -0.713. The van der Waals surface area contributed by atoms with Crippen molar-refractivity contribution in [2.45, 2.75) is 51.7 Å². The number of rotatable bonds is 4. The molecule has 1 aromatic rings. The maximum Gasteiger partial charge on any atom is 0.191 e. The zero-order valence-corrected chi connectivity index (χ0v) is 16.9. The van der Waals surface area contributed by atoms with Crippen molar-refractivity contribution >= 4 is 31.3 Å². The highest BCUT2D eigenvalue weighted by Crippen LogP contribution is 2.37. The van der Waals surface area contributed by atoms with Crippen molar-refractivity contribution in [2.75, 3.05) is 30.3 Å². The van der Waals surface area contributed by atoms with Gasteiger partial charge in [-0.2, -0.15) is 0 Å². The van der Waals surface area contributed by atoms with Gasteiger partial charge in [0.25, 0.3) is 0 Å². The molecule has 1 saturated heterocycles. The van der Waals surface area contributed by atoms with Gasteiger partial charge in [0.1, 0.15) is 0 Å². The first-order valence-electron chi connectivity index (χ1n) is 8.54. The summed E-state index contributed by atoms with van der Waals surface area (Å²) in [7, 11) is -1.63. The summed E-state index contributed by atoms with van der Waals surface area (Å²) in [5.74, 6) is 0.661. The molecule has 0 atom stereocenters. The number of anilines is 2. The summed E-state index contributed by atoms with van der Waals surface area (Å²) in [5, 5.41) is 0.981. The standard InChI is InChI=1S/C18H31ClN2OSi/c1-18(2,3)23(4,5)22-13-14-8-10-21(11-9-14)17-7-6-15(19)12-16(17)20/h6-7,12,14H,8-11,13,20H2,1-5H3. The maximum absolute atomic E-state index is 6.39. The fourth-order valence-corrected chi connectivity index (χ4v) is 3.96. The predicted molar refractivity (Wildman–Crippen MR) is 104 cm³/mol. The monoisotopic (exact) mass is 354 g/mol. The van der Waals surface area contributed by atoms with Crippen LogP contribution in [0, 0.1) is 5.92 Å². The van der Waals surface area contributed by atoms with Crippen LogP contribution < -0.4 is 10.6 Å². The van der Waals surface area contributed by atoms with Crippen LogP contribution in [0.4, 0.5) is 11.4 Å². The molecule has 1 heterocycles. The number of hydrogen-bond donors (Lipinski definition) is 1. The van der Waals surface area contributed by atoms with E-state index in [0.29, 0.717) is 10.9 Å². The lowest BCUT2D eigenvalue weighted by atomic mass is 9.97. The second kappa shape index (κ2) is 7.04. The molecule has 0 radical (unpaired) electrons. The van der Waals surface area contributed by atoms with Crippen molar-refractivity contribution < 1.29 is 4.43 Å². The second-order valence-corrected chi connectivity index (χ2v) is 13.5. The Balaban J connectivity index is 1.87. The van der Waals surface area contributed by atoms with Crippen LogP contribution in [0.5, 0.6) is 0 Å². The number of piperidine rings is 1. The number of nitrogens with two attached hydrogens (primary N) is 1. The van der Waals surface area contributed by atoms with Gasteiger partial charge >= 0.3 is 0 Å². The third-order valence-electron chi connectivity index (χ3n) is 5.43. The molecule has 0 saturated carbocycles. The van der Waals surface area contributed by atoms with Gasteiger partial charge in [0, 0.05) is 24.7 Å². The zero-order chi connectivity index (χ0) is 17.3. The minimum atomic E-state index is -1.63. The Labute approximate surface area is 147 Å². The number of nitrogen functional groups attached to an aromatic ring is 1. The first-order chi connectivity index (χ1) is 10.6. The molecular weight excluding hydrogens is 324 g/mol. The van der Waals surface area contributed by atoms with Crippen LogP contribution in [0.3, 0.4) is 0 Å². The molecule has 0 unspecified atom stereocenters. The van der Waals surface area contributed by atoms with E-state index in [-0.39, 0.29) is 5.04 Å². The minimum Gasteiger partial charge on any atom is -0.417 e. The molecule has 2 N–H and O–H groups in total. The average molecular weight is 355 g/mol. The molecular formula is C18H31ClN2OSi. The lowest BCUT2D eigenvalue weighted by Gasteiger charge is -2.39. The summed E-state index contributed by atoms with van der Waals surface area (Å²) < 4.78 is 6.39. The van der Waals surface area contributed by atoms with Crippen LogP contribution in [-0.4, -0.2) is 28.0 Å². The van der Waals surface area contributed by atoms with E-state index in [1.54, 1.807) is 0 Å². The van der Waals surface area contributed by atoms with Gasteiger partial charge < -0.3 is 15.1 Å². The lowest BCUT2D eigenvalue weighted by Crippen LogP contribution is -2.43. The van der Waals surface area contributed by atoms with Crippen molar-refractivity contribution in [3.63, 3.8) is 0 Å². The summed E-state index contributed by atoms with van der Waals surface area (Å²) >= 11 is 5.99. The molecule has 0 aliphatic carbocycles. The van der Waals surface area contributed by atoms with Crippen molar-refractivity contribution in [3.05, 3.63) is 23.2 Å². The lowest BCUT2D eigenvalue weighted by molar-refractivity contribution is 0.205. The predicted octanol–water partition coefficient (Wildman–Crippen LogP) is 5.16. The molecule has 23 heavy (non-hydrogen) atoms. The summed E-state index contributed by atoms with van der Waals surface area (Å²) in [6.45, 7) is 14.5. The Bertz CT molecular complexity index is 534. The third-order valence-corrected chi connectivity index (χ3v) is 10.2. The van der Waals surface area contributed by atoms with E-state index in [1.165, 1.54) is 0 Å². The van der Waals surface area contributed by atoms with Crippen LogP contribution in [0.1, 0.15) is 33.6 Å². The molecule has 3 nitrogen and oxygen atoms in total. The zero-order valence-electron chi connectivity index (χ0n) is 15.2. The summed E-state index contributed by atoms with van der Waals surface area (Å²) in [6.07, 6.45) is 2.33. The van der Waals surface area contributed by atoms with Gasteiger partial charge in [-0.15, -0.1) is 0 Å². The van der Waals surface area contributed by atoms with E-state index in [0.717, 1.165) is 43.9 Å². The molecule has 2 rings (SSSR count). The average Bonchev–Trinajstić information content (AvgIpc) is 2.45. The van der Waals surface area contributed by atoms with Crippen molar-refractivity contribution in [3.8, 4) is 0 Å². The van der Waals surface area contributed by atoms with Crippen LogP contribution in [0.25, 0.3) is 0 Å². The molecule has 0 spiro atoms. The summed E-state index contributed by atoms with van der Waals surface area (Å²) in [4.78, 5) is 2.37. The Morgan fingerprint density at radius 3 is 2.39 bits per heavy atom. The molecule has 130 valence electrons. The van der Waals surface area contributed by atoms with Gasteiger partial charge in [-0.25, -0.2) is 0 Å². The topological polar surface area (TPSA) is 38.5 Å². The van der Waals surface area contributed by atoms with Gasteiger partial charge in [-0.1, -0.05) is 32.4 Å². The van der Waals surface area contributed by atoms with E-state index in [1.807, 2.05) is 18.2 Å². The Morgan fingerprint density at radius 2 is 1.87 bits per heavy atom. The van der Waals surface area contributed by atoms with Gasteiger partial charge in [0.05, 0.1) is 11.4 Å². The van der Waals surface area contributed by atoms with Crippen LogP contribution in [0.2, 0.25) is 23.2 Å².